The van der Waals surface area contributed by atoms with E-state index in [1.54, 1.807) is 12.1 Å². The van der Waals surface area contributed by atoms with E-state index in [4.69, 9.17) is 9.26 Å². The predicted molar refractivity (Wildman–Crippen MR) is 70.1 cm³/mol. The van der Waals surface area contributed by atoms with Gasteiger partial charge in [0.25, 0.3) is 0 Å². The molecule has 2 aromatic rings. The Morgan fingerprint density at radius 2 is 2.05 bits per heavy atom. The summed E-state index contributed by atoms with van der Waals surface area (Å²) in [4.78, 5) is 11.5. The van der Waals surface area contributed by atoms with Crippen LogP contribution in [-0.2, 0) is 6.42 Å². The molecule has 19 heavy (non-hydrogen) atoms. The van der Waals surface area contributed by atoms with Gasteiger partial charge in [-0.2, -0.15) is 0 Å². The summed E-state index contributed by atoms with van der Waals surface area (Å²) in [6.07, 6.45) is 0.211. The molecule has 1 aromatic carbocycles. The van der Waals surface area contributed by atoms with Crippen molar-refractivity contribution >= 4 is 6.09 Å². The van der Waals surface area contributed by atoms with Crippen LogP contribution in [0.5, 0.6) is 5.75 Å². The van der Waals surface area contributed by atoms with Crippen LogP contribution in [0.15, 0.2) is 34.9 Å². The van der Waals surface area contributed by atoms with Gasteiger partial charge in [-0.3, -0.25) is 0 Å². The van der Waals surface area contributed by atoms with Gasteiger partial charge in [0.2, 0.25) is 0 Å². The second-order valence-electron chi connectivity index (χ2n) is 4.18. The molecule has 0 bridgehead atoms. The zero-order chi connectivity index (χ0) is 13.7. The Hall–Kier alpha value is -2.30. The third kappa shape index (κ3) is 3.58. The number of para-hydroxylation sites is 1. The second kappa shape index (κ2) is 6.04. The minimum Gasteiger partial charge on any atom is -0.410 e. The van der Waals surface area contributed by atoms with E-state index in [-0.39, 0.29) is 0 Å². The Bertz CT molecular complexity index is 530. The molecule has 5 heteroatoms. The number of nitrogens with one attached hydrogen (secondary N) is 1. The van der Waals surface area contributed by atoms with Gasteiger partial charge in [0.15, 0.2) is 0 Å². The largest absolute Gasteiger partial charge is 0.412 e. The van der Waals surface area contributed by atoms with Crippen molar-refractivity contribution in [1.29, 1.82) is 0 Å². The molecule has 1 N–H and O–H groups in total. The van der Waals surface area contributed by atoms with Gasteiger partial charge < -0.3 is 14.6 Å². The molecular formula is C14H16N2O3. The van der Waals surface area contributed by atoms with E-state index < -0.39 is 6.09 Å². The van der Waals surface area contributed by atoms with E-state index in [1.165, 1.54) is 0 Å². The highest BCUT2D eigenvalue weighted by molar-refractivity contribution is 5.70. The maximum Gasteiger partial charge on any atom is 0.412 e. The van der Waals surface area contributed by atoms with Crippen molar-refractivity contribution in [3.8, 4) is 5.75 Å². The van der Waals surface area contributed by atoms with E-state index in [1.807, 2.05) is 32.0 Å². The highest BCUT2D eigenvalue weighted by atomic mass is 16.6. The molecular weight excluding hydrogens is 244 g/mol. The third-order valence-electron chi connectivity index (χ3n) is 2.78. The van der Waals surface area contributed by atoms with Gasteiger partial charge in [0.05, 0.1) is 5.69 Å². The van der Waals surface area contributed by atoms with Gasteiger partial charge in [0.1, 0.15) is 11.5 Å². The van der Waals surface area contributed by atoms with Crippen molar-refractivity contribution in [2.45, 2.75) is 20.3 Å². The molecule has 1 aromatic heterocycles. The molecule has 1 heterocycles. The van der Waals surface area contributed by atoms with Crippen LogP contribution >= 0.6 is 0 Å². The SMILES string of the molecule is Cc1noc(C)c1CCNC(=O)Oc1ccccc1. The van der Waals surface area contributed by atoms with Crippen molar-refractivity contribution < 1.29 is 14.1 Å². The number of benzene rings is 1. The molecule has 0 aliphatic heterocycles. The first kappa shape index (κ1) is 13.1. The van der Waals surface area contributed by atoms with Crippen LogP contribution in [0.25, 0.3) is 0 Å². The van der Waals surface area contributed by atoms with Crippen molar-refractivity contribution in [2.75, 3.05) is 6.54 Å². The maximum atomic E-state index is 11.5. The van der Waals surface area contributed by atoms with Crippen LogP contribution < -0.4 is 10.1 Å². The van der Waals surface area contributed by atoms with E-state index in [0.29, 0.717) is 18.7 Å². The molecule has 0 aliphatic carbocycles. The van der Waals surface area contributed by atoms with Crippen molar-refractivity contribution in [3.05, 3.63) is 47.3 Å². The Morgan fingerprint density at radius 3 is 2.68 bits per heavy atom. The lowest BCUT2D eigenvalue weighted by Gasteiger charge is -2.06. The molecule has 2 rings (SSSR count). The van der Waals surface area contributed by atoms with Gasteiger partial charge in [-0.25, -0.2) is 4.79 Å². The summed E-state index contributed by atoms with van der Waals surface area (Å²) < 4.78 is 10.2. The van der Waals surface area contributed by atoms with E-state index >= 15 is 0 Å². The van der Waals surface area contributed by atoms with Gasteiger partial charge in [-0.1, -0.05) is 23.4 Å². The minimum atomic E-state index is -0.460. The number of nitrogens with zero attached hydrogens (tertiary/aromatic N) is 1. The highest BCUT2D eigenvalue weighted by Crippen LogP contribution is 2.12. The molecule has 100 valence electrons. The monoisotopic (exact) mass is 260 g/mol. The lowest BCUT2D eigenvalue weighted by molar-refractivity contribution is 0.200. The highest BCUT2D eigenvalue weighted by Gasteiger charge is 2.09. The van der Waals surface area contributed by atoms with E-state index in [2.05, 4.69) is 10.5 Å². The lowest BCUT2D eigenvalue weighted by atomic mass is 10.1. The average molecular weight is 260 g/mol. The number of hydrogen-bond acceptors (Lipinski definition) is 4. The van der Waals surface area contributed by atoms with Crippen LogP contribution in [0.4, 0.5) is 4.79 Å². The zero-order valence-corrected chi connectivity index (χ0v) is 11.0. The van der Waals surface area contributed by atoms with Crippen molar-refractivity contribution in [1.82, 2.24) is 10.5 Å². The topological polar surface area (TPSA) is 64.4 Å². The summed E-state index contributed by atoms with van der Waals surface area (Å²) in [5.74, 6) is 1.31. The molecule has 0 fully saturated rings. The van der Waals surface area contributed by atoms with Crippen LogP contribution in [0.3, 0.4) is 0 Å². The molecule has 0 spiro atoms. The quantitative estimate of drug-likeness (QED) is 0.917. The Morgan fingerprint density at radius 1 is 1.32 bits per heavy atom. The Balaban J connectivity index is 1.79. The summed E-state index contributed by atoms with van der Waals surface area (Å²) in [5.41, 5.74) is 1.88. The Labute approximate surface area is 111 Å². The number of amides is 1. The fourth-order valence-electron chi connectivity index (χ4n) is 1.78. The molecule has 0 saturated heterocycles. The maximum absolute atomic E-state index is 11.5. The van der Waals surface area contributed by atoms with E-state index in [9.17, 15) is 4.79 Å². The standard InChI is InChI=1S/C14H16N2O3/c1-10-13(11(2)19-16-10)8-9-15-14(17)18-12-6-4-3-5-7-12/h3-7H,8-9H2,1-2H3,(H,15,17). The average Bonchev–Trinajstić information content (AvgIpc) is 2.71. The first-order chi connectivity index (χ1) is 9.16. The first-order valence-corrected chi connectivity index (χ1v) is 6.09. The summed E-state index contributed by atoms with van der Waals surface area (Å²) in [5, 5.41) is 6.56. The van der Waals surface area contributed by atoms with Crippen LogP contribution in [0.2, 0.25) is 0 Å². The molecule has 0 unspecified atom stereocenters. The molecule has 0 aliphatic rings. The summed E-state index contributed by atoms with van der Waals surface area (Å²) in [7, 11) is 0. The summed E-state index contributed by atoms with van der Waals surface area (Å²) in [6.45, 7) is 4.22. The summed E-state index contributed by atoms with van der Waals surface area (Å²) >= 11 is 0. The van der Waals surface area contributed by atoms with Crippen LogP contribution in [0.1, 0.15) is 17.0 Å². The molecule has 5 nitrogen and oxygen atoms in total. The van der Waals surface area contributed by atoms with Crippen molar-refractivity contribution in [3.63, 3.8) is 0 Å². The zero-order valence-electron chi connectivity index (χ0n) is 11.0. The second-order valence-corrected chi connectivity index (χ2v) is 4.18. The van der Waals surface area contributed by atoms with Crippen LogP contribution in [0, 0.1) is 13.8 Å². The van der Waals surface area contributed by atoms with Gasteiger partial charge in [0, 0.05) is 12.1 Å². The molecule has 1 amide bonds. The van der Waals surface area contributed by atoms with Gasteiger partial charge in [-0.05, 0) is 32.4 Å². The number of carbonyl (C=O) groups is 1. The number of aromatic nitrogens is 1. The third-order valence-corrected chi connectivity index (χ3v) is 2.78. The normalized spacial score (nSPS) is 10.2. The number of ether oxygens (including phenoxy) is 1. The van der Waals surface area contributed by atoms with Gasteiger partial charge in [-0.15, -0.1) is 0 Å². The number of rotatable bonds is 4. The summed E-state index contributed by atoms with van der Waals surface area (Å²) in [6, 6.07) is 8.95. The predicted octanol–water partition coefficient (Wildman–Crippen LogP) is 2.62. The fourth-order valence-corrected chi connectivity index (χ4v) is 1.78. The molecule has 0 atom stereocenters. The lowest BCUT2D eigenvalue weighted by Crippen LogP contribution is -2.28. The number of carbonyl (C=O) groups excluding carboxylic acids is 1. The van der Waals surface area contributed by atoms with Crippen LogP contribution in [-0.4, -0.2) is 17.8 Å². The number of hydrogen-bond donors (Lipinski definition) is 1. The van der Waals surface area contributed by atoms with Gasteiger partial charge >= 0.3 is 6.09 Å². The van der Waals surface area contributed by atoms with E-state index in [0.717, 1.165) is 17.0 Å². The number of aryl methyl sites for hydroxylation is 2. The fraction of sp³-hybridized carbons (Fsp3) is 0.286. The first-order valence-electron chi connectivity index (χ1n) is 6.09. The Kier molecular flexibility index (Phi) is 4.18. The minimum absolute atomic E-state index is 0.460. The van der Waals surface area contributed by atoms with Crippen molar-refractivity contribution in [2.24, 2.45) is 0 Å². The smallest absolute Gasteiger partial charge is 0.410 e. The molecule has 0 saturated carbocycles. The molecule has 0 radical (unpaired) electrons.